The molecular weight excluding hydrogens is 186 g/mol. The summed E-state index contributed by atoms with van der Waals surface area (Å²) < 4.78 is 5.67. The van der Waals surface area contributed by atoms with Crippen molar-refractivity contribution < 1.29 is 4.74 Å². The SMILES string of the molecule is CC(C)(C)CCOCCN1CCCCC1. The molecule has 2 nitrogen and oxygen atoms in total. The number of hydrogen-bond acceptors (Lipinski definition) is 2. The van der Waals surface area contributed by atoms with Gasteiger partial charge in [-0.25, -0.2) is 0 Å². The van der Waals surface area contributed by atoms with Crippen molar-refractivity contribution in [2.24, 2.45) is 5.41 Å². The van der Waals surface area contributed by atoms with E-state index in [1.54, 1.807) is 0 Å². The van der Waals surface area contributed by atoms with Gasteiger partial charge in [0.25, 0.3) is 0 Å². The summed E-state index contributed by atoms with van der Waals surface area (Å²) in [5.74, 6) is 0. The molecular formula is C13H27NO. The zero-order chi connectivity index (χ0) is 11.1. The monoisotopic (exact) mass is 213 g/mol. The van der Waals surface area contributed by atoms with Crippen LogP contribution < -0.4 is 0 Å². The van der Waals surface area contributed by atoms with Crippen LogP contribution in [0.5, 0.6) is 0 Å². The van der Waals surface area contributed by atoms with Crippen LogP contribution in [-0.4, -0.2) is 37.7 Å². The lowest BCUT2D eigenvalue weighted by Crippen LogP contribution is -2.32. The van der Waals surface area contributed by atoms with Gasteiger partial charge in [0.1, 0.15) is 0 Å². The zero-order valence-corrected chi connectivity index (χ0v) is 10.7. The number of ether oxygens (including phenoxy) is 1. The Morgan fingerprint density at radius 1 is 1.00 bits per heavy atom. The summed E-state index contributed by atoms with van der Waals surface area (Å²) in [4.78, 5) is 2.53. The highest BCUT2D eigenvalue weighted by Gasteiger charge is 2.11. The first-order chi connectivity index (χ1) is 7.08. The lowest BCUT2D eigenvalue weighted by Gasteiger charge is -2.26. The standard InChI is InChI=1S/C13H27NO/c1-13(2,3)7-11-15-12-10-14-8-5-4-6-9-14/h4-12H2,1-3H3. The van der Waals surface area contributed by atoms with E-state index in [0.717, 1.165) is 26.2 Å². The first-order valence-electron chi connectivity index (χ1n) is 6.38. The average Bonchev–Trinajstić information content (AvgIpc) is 2.17. The van der Waals surface area contributed by atoms with E-state index in [4.69, 9.17) is 4.74 Å². The van der Waals surface area contributed by atoms with E-state index in [9.17, 15) is 0 Å². The molecule has 0 unspecified atom stereocenters. The third-order valence-electron chi connectivity index (χ3n) is 3.00. The second-order valence-electron chi connectivity index (χ2n) is 5.83. The molecule has 15 heavy (non-hydrogen) atoms. The molecule has 0 aromatic heterocycles. The van der Waals surface area contributed by atoms with Gasteiger partial charge in [0.2, 0.25) is 0 Å². The van der Waals surface area contributed by atoms with Crippen LogP contribution in [0.4, 0.5) is 0 Å². The van der Waals surface area contributed by atoms with Crippen LogP contribution >= 0.6 is 0 Å². The van der Waals surface area contributed by atoms with E-state index in [-0.39, 0.29) is 0 Å². The predicted molar refractivity (Wildman–Crippen MR) is 65.2 cm³/mol. The molecule has 1 heterocycles. The fourth-order valence-corrected chi connectivity index (χ4v) is 1.86. The minimum atomic E-state index is 0.408. The quantitative estimate of drug-likeness (QED) is 0.651. The van der Waals surface area contributed by atoms with Crippen LogP contribution in [0.1, 0.15) is 46.5 Å². The highest BCUT2D eigenvalue weighted by Crippen LogP contribution is 2.17. The molecule has 0 atom stereocenters. The topological polar surface area (TPSA) is 12.5 Å². The molecule has 1 rings (SSSR count). The Kier molecular flexibility index (Phi) is 5.62. The predicted octanol–water partition coefficient (Wildman–Crippen LogP) is 2.93. The number of nitrogens with zero attached hydrogens (tertiary/aromatic N) is 1. The van der Waals surface area contributed by atoms with Crippen LogP contribution in [0.25, 0.3) is 0 Å². The summed E-state index contributed by atoms with van der Waals surface area (Å²) in [6.45, 7) is 12.3. The fraction of sp³-hybridized carbons (Fsp3) is 1.00. The van der Waals surface area contributed by atoms with E-state index >= 15 is 0 Å². The highest BCUT2D eigenvalue weighted by molar-refractivity contribution is 4.64. The minimum Gasteiger partial charge on any atom is -0.380 e. The molecule has 0 aromatic carbocycles. The summed E-state index contributed by atoms with van der Waals surface area (Å²) in [7, 11) is 0. The Balaban J connectivity index is 1.92. The van der Waals surface area contributed by atoms with Crippen LogP contribution in [-0.2, 0) is 4.74 Å². The Bertz CT molecular complexity index is 156. The molecule has 1 saturated heterocycles. The Hall–Kier alpha value is -0.0800. The second kappa shape index (κ2) is 6.49. The normalized spacial score (nSPS) is 19.4. The van der Waals surface area contributed by atoms with E-state index in [0.29, 0.717) is 5.41 Å². The van der Waals surface area contributed by atoms with Gasteiger partial charge in [-0.2, -0.15) is 0 Å². The van der Waals surface area contributed by atoms with E-state index in [2.05, 4.69) is 25.7 Å². The van der Waals surface area contributed by atoms with Crippen molar-refractivity contribution in [2.45, 2.75) is 46.5 Å². The lowest BCUT2D eigenvalue weighted by molar-refractivity contribution is 0.0801. The van der Waals surface area contributed by atoms with Crippen molar-refractivity contribution in [2.75, 3.05) is 32.8 Å². The van der Waals surface area contributed by atoms with Gasteiger partial charge in [0.15, 0.2) is 0 Å². The Morgan fingerprint density at radius 3 is 2.27 bits per heavy atom. The smallest absolute Gasteiger partial charge is 0.0593 e. The molecule has 0 saturated carbocycles. The largest absolute Gasteiger partial charge is 0.380 e. The Labute approximate surface area is 95.0 Å². The van der Waals surface area contributed by atoms with Crippen LogP contribution in [0, 0.1) is 5.41 Å². The van der Waals surface area contributed by atoms with Crippen molar-refractivity contribution in [3.05, 3.63) is 0 Å². The van der Waals surface area contributed by atoms with Gasteiger partial charge in [0.05, 0.1) is 6.61 Å². The van der Waals surface area contributed by atoms with Gasteiger partial charge >= 0.3 is 0 Å². The molecule has 2 heteroatoms. The summed E-state index contributed by atoms with van der Waals surface area (Å²) in [6.07, 6.45) is 5.33. The number of likely N-dealkylation sites (tertiary alicyclic amines) is 1. The van der Waals surface area contributed by atoms with Crippen LogP contribution in [0.2, 0.25) is 0 Å². The third kappa shape index (κ3) is 6.91. The van der Waals surface area contributed by atoms with Crippen molar-refractivity contribution in [1.29, 1.82) is 0 Å². The maximum atomic E-state index is 5.67. The van der Waals surface area contributed by atoms with Gasteiger partial charge in [0, 0.05) is 13.2 Å². The summed E-state index contributed by atoms with van der Waals surface area (Å²) in [5.41, 5.74) is 0.408. The van der Waals surface area contributed by atoms with Crippen molar-refractivity contribution in [1.82, 2.24) is 4.90 Å². The molecule has 1 aliphatic rings. The first kappa shape index (κ1) is 13.0. The molecule has 0 bridgehead atoms. The molecule has 0 aliphatic carbocycles. The average molecular weight is 213 g/mol. The maximum absolute atomic E-state index is 5.67. The fourth-order valence-electron chi connectivity index (χ4n) is 1.86. The van der Waals surface area contributed by atoms with Crippen LogP contribution in [0.15, 0.2) is 0 Å². The molecule has 0 aromatic rings. The van der Waals surface area contributed by atoms with Gasteiger partial charge in [-0.3, -0.25) is 0 Å². The maximum Gasteiger partial charge on any atom is 0.0593 e. The van der Waals surface area contributed by atoms with Gasteiger partial charge in [-0.1, -0.05) is 27.2 Å². The highest BCUT2D eigenvalue weighted by atomic mass is 16.5. The van der Waals surface area contributed by atoms with E-state index in [1.807, 2.05) is 0 Å². The molecule has 0 radical (unpaired) electrons. The lowest BCUT2D eigenvalue weighted by atomic mass is 9.93. The van der Waals surface area contributed by atoms with Gasteiger partial charge in [-0.15, -0.1) is 0 Å². The minimum absolute atomic E-state index is 0.408. The molecule has 90 valence electrons. The number of hydrogen-bond donors (Lipinski definition) is 0. The zero-order valence-electron chi connectivity index (χ0n) is 10.7. The first-order valence-corrected chi connectivity index (χ1v) is 6.38. The molecule has 0 N–H and O–H groups in total. The summed E-state index contributed by atoms with van der Waals surface area (Å²) >= 11 is 0. The molecule has 1 aliphatic heterocycles. The van der Waals surface area contributed by atoms with E-state index < -0.39 is 0 Å². The molecule has 0 spiro atoms. The van der Waals surface area contributed by atoms with E-state index in [1.165, 1.54) is 32.4 Å². The summed E-state index contributed by atoms with van der Waals surface area (Å²) in [6, 6.07) is 0. The van der Waals surface area contributed by atoms with Crippen molar-refractivity contribution >= 4 is 0 Å². The Morgan fingerprint density at radius 2 is 1.67 bits per heavy atom. The second-order valence-corrected chi connectivity index (χ2v) is 5.83. The van der Waals surface area contributed by atoms with Gasteiger partial charge in [-0.05, 0) is 37.8 Å². The third-order valence-corrected chi connectivity index (χ3v) is 3.00. The number of rotatable bonds is 5. The van der Waals surface area contributed by atoms with Crippen molar-refractivity contribution in [3.8, 4) is 0 Å². The summed E-state index contributed by atoms with van der Waals surface area (Å²) in [5, 5.41) is 0. The number of piperidine rings is 1. The van der Waals surface area contributed by atoms with Crippen molar-refractivity contribution in [3.63, 3.8) is 0 Å². The molecule has 1 fully saturated rings. The van der Waals surface area contributed by atoms with Gasteiger partial charge < -0.3 is 9.64 Å². The van der Waals surface area contributed by atoms with Crippen LogP contribution in [0.3, 0.4) is 0 Å². The molecule has 0 amide bonds.